The summed E-state index contributed by atoms with van der Waals surface area (Å²) in [5.41, 5.74) is 0.0867. The van der Waals surface area contributed by atoms with Gasteiger partial charge in [-0.15, -0.1) is 0 Å². The van der Waals surface area contributed by atoms with Crippen LogP contribution in [-0.2, 0) is 10.0 Å². The monoisotopic (exact) mass is 425 g/mol. The molecule has 11 heteroatoms. The second-order valence-corrected chi connectivity index (χ2v) is 6.71. The van der Waals surface area contributed by atoms with Gasteiger partial charge in [-0.05, 0) is 53.1 Å². The van der Waals surface area contributed by atoms with Gasteiger partial charge in [0.25, 0.3) is 17.1 Å². The molecule has 0 amide bonds. The van der Waals surface area contributed by atoms with E-state index in [0.717, 1.165) is 0 Å². The van der Waals surface area contributed by atoms with Crippen LogP contribution in [0, 0.1) is 30.3 Å². The number of hydrogen-bond acceptors (Lipinski definition) is 7. The van der Waals surface area contributed by atoms with Crippen molar-refractivity contribution in [1.29, 1.82) is 0 Å². The lowest BCUT2D eigenvalue weighted by molar-refractivity contribution is -0.385. The Morgan fingerprint density at radius 2 is 0.800 bits per heavy atom. The lowest BCUT2D eigenvalue weighted by Gasteiger charge is -2.35. The Hall–Kier alpha value is -3.96. The second kappa shape index (κ2) is 8.19. The van der Waals surface area contributed by atoms with Crippen LogP contribution >= 0.6 is 0 Å². The highest BCUT2D eigenvalue weighted by molar-refractivity contribution is 5.99. The zero-order valence-electron chi connectivity index (χ0n) is 15.6. The van der Waals surface area contributed by atoms with E-state index in [1.165, 1.54) is 36.4 Å². The van der Waals surface area contributed by atoms with Crippen LogP contribution in [0.4, 0.5) is 17.1 Å². The normalized spacial score (nSPS) is 11.2. The highest BCUT2D eigenvalue weighted by Gasteiger charge is 2.37. The quantitative estimate of drug-likeness (QED) is 0.245. The average molecular weight is 425 g/mol. The topological polar surface area (TPSA) is 139 Å². The Morgan fingerprint density at radius 3 is 0.967 bits per heavy atom. The molecule has 10 nitrogen and oxygen atoms in total. The molecule has 0 radical (unpaired) electrons. The predicted octanol–water partition coefficient (Wildman–Crippen LogP) is 3.00. The molecule has 0 saturated carbocycles. The van der Waals surface area contributed by atoms with Gasteiger partial charge in [0.05, 0.1) is 14.8 Å². The molecule has 3 rings (SSSR count). The Bertz CT molecular complexity index is 961. The third-order valence-electron chi connectivity index (χ3n) is 4.76. The number of nitro groups is 3. The Morgan fingerprint density at radius 1 is 0.567 bits per heavy atom. The fourth-order valence-corrected chi connectivity index (χ4v) is 4.01. The molecule has 0 spiro atoms. The van der Waals surface area contributed by atoms with Crippen molar-refractivity contribution in [2.45, 2.75) is 5.60 Å². The van der Waals surface area contributed by atoms with E-state index >= 15 is 0 Å². The van der Waals surface area contributed by atoms with Crippen LogP contribution in [0.25, 0.3) is 0 Å². The maximum Gasteiger partial charge on any atom is 0.269 e. The van der Waals surface area contributed by atoms with Gasteiger partial charge in [0, 0.05) is 36.4 Å². The zero-order chi connectivity index (χ0) is 21.9. The third kappa shape index (κ3) is 3.66. The summed E-state index contributed by atoms with van der Waals surface area (Å²) >= 11 is 0. The van der Waals surface area contributed by atoms with Gasteiger partial charge in [0.1, 0.15) is 16.1 Å². The van der Waals surface area contributed by atoms with E-state index in [4.69, 9.17) is 4.43 Å². The van der Waals surface area contributed by atoms with Gasteiger partial charge in [0.2, 0.25) is 0 Å². The second-order valence-electron chi connectivity index (χ2n) is 6.30. The van der Waals surface area contributed by atoms with Crippen molar-refractivity contribution in [2.24, 2.45) is 0 Å². The van der Waals surface area contributed by atoms with Crippen molar-refractivity contribution in [3.63, 3.8) is 0 Å². The molecule has 0 fully saturated rings. The SMILES string of the molecule is O=[N+]([O-])c1ccc(C(O[SiH3])(c2ccc([N+](=O)[O-])cc2)c2ccc([N+](=O)[O-])cc2)cc1. The minimum Gasteiger partial charge on any atom is -0.411 e. The highest BCUT2D eigenvalue weighted by atomic mass is 28.2. The van der Waals surface area contributed by atoms with Crippen LogP contribution in [0.15, 0.2) is 72.8 Å². The lowest BCUT2D eigenvalue weighted by Crippen LogP contribution is -2.32. The molecule has 0 saturated heterocycles. The van der Waals surface area contributed by atoms with Crippen molar-refractivity contribution in [2.75, 3.05) is 0 Å². The van der Waals surface area contributed by atoms with Gasteiger partial charge >= 0.3 is 0 Å². The molecule has 0 aromatic heterocycles. The van der Waals surface area contributed by atoms with Gasteiger partial charge in [-0.2, -0.15) is 0 Å². The van der Waals surface area contributed by atoms with Crippen LogP contribution in [0.1, 0.15) is 16.7 Å². The summed E-state index contributed by atoms with van der Waals surface area (Å²) in [5, 5.41) is 33.1. The molecular weight excluding hydrogens is 410 g/mol. The van der Waals surface area contributed by atoms with Gasteiger partial charge in [-0.1, -0.05) is 0 Å². The van der Waals surface area contributed by atoms with Crippen LogP contribution in [0.2, 0.25) is 0 Å². The van der Waals surface area contributed by atoms with E-state index in [9.17, 15) is 30.3 Å². The molecule has 0 N–H and O–H groups in total. The largest absolute Gasteiger partial charge is 0.411 e. The van der Waals surface area contributed by atoms with Crippen molar-refractivity contribution in [1.82, 2.24) is 0 Å². The van der Waals surface area contributed by atoms with E-state index in [0.29, 0.717) is 16.7 Å². The predicted molar refractivity (Wildman–Crippen MR) is 110 cm³/mol. The van der Waals surface area contributed by atoms with E-state index in [2.05, 4.69) is 0 Å². The Balaban J connectivity index is 2.23. The fraction of sp³-hybridized carbons (Fsp3) is 0.0526. The van der Waals surface area contributed by atoms with E-state index in [1.807, 2.05) is 0 Å². The first-order valence-electron chi connectivity index (χ1n) is 8.59. The summed E-state index contributed by atoms with van der Waals surface area (Å²) in [6, 6.07) is 17.3. The van der Waals surface area contributed by atoms with E-state index in [-0.39, 0.29) is 27.5 Å². The molecule has 3 aromatic rings. The summed E-state index contributed by atoms with van der Waals surface area (Å²) in [7, 11) is 0.233. The molecule has 0 unspecified atom stereocenters. The summed E-state index contributed by atoms with van der Waals surface area (Å²) in [5.74, 6) is 0. The van der Waals surface area contributed by atoms with E-state index < -0.39 is 20.4 Å². The molecule has 0 bridgehead atoms. The van der Waals surface area contributed by atoms with Gasteiger partial charge in [0.15, 0.2) is 0 Å². The number of hydrogen-bond donors (Lipinski definition) is 0. The molecule has 152 valence electrons. The van der Waals surface area contributed by atoms with E-state index in [1.54, 1.807) is 36.4 Å². The Kier molecular flexibility index (Phi) is 5.67. The highest BCUT2D eigenvalue weighted by Crippen LogP contribution is 2.41. The first kappa shape index (κ1) is 20.8. The van der Waals surface area contributed by atoms with Crippen molar-refractivity contribution >= 4 is 27.5 Å². The number of rotatable bonds is 7. The first-order chi connectivity index (χ1) is 14.3. The van der Waals surface area contributed by atoms with Crippen molar-refractivity contribution < 1.29 is 19.2 Å². The van der Waals surface area contributed by atoms with Crippen LogP contribution < -0.4 is 0 Å². The van der Waals surface area contributed by atoms with Gasteiger partial charge < -0.3 is 4.43 Å². The summed E-state index contributed by atoms with van der Waals surface area (Å²) in [6.07, 6.45) is 0. The number of nitro benzene ring substituents is 3. The number of non-ortho nitro benzene ring substituents is 3. The number of benzene rings is 3. The van der Waals surface area contributed by atoms with Crippen LogP contribution in [0.3, 0.4) is 0 Å². The fourth-order valence-electron chi connectivity index (χ4n) is 3.31. The maximum atomic E-state index is 11.0. The summed E-state index contributed by atoms with van der Waals surface area (Å²) in [6.45, 7) is 0. The minimum atomic E-state index is -1.24. The van der Waals surface area contributed by atoms with Crippen molar-refractivity contribution in [3.8, 4) is 0 Å². The van der Waals surface area contributed by atoms with Gasteiger partial charge in [-0.25, -0.2) is 0 Å². The molecule has 3 aromatic carbocycles. The zero-order valence-corrected chi connectivity index (χ0v) is 17.6. The first-order valence-corrected chi connectivity index (χ1v) is 9.41. The molecule has 0 atom stereocenters. The molecule has 0 heterocycles. The molecule has 0 aliphatic rings. The standard InChI is InChI=1S/C19H15N3O7Si/c23-20(24)16-7-1-13(2-8-16)19(29-30,14-3-9-17(10-4-14)21(25)26)15-5-11-18(12-6-15)22(27)28/h1-12H,30H3. The number of nitrogens with zero attached hydrogens (tertiary/aromatic N) is 3. The minimum absolute atomic E-state index is 0.103. The maximum absolute atomic E-state index is 11.0. The molecule has 30 heavy (non-hydrogen) atoms. The molecule has 0 aliphatic carbocycles. The average Bonchev–Trinajstić information content (AvgIpc) is 2.75. The van der Waals surface area contributed by atoms with Crippen LogP contribution in [-0.4, -0.2) is 25.3 Å². The Labute approximate surface area is 172 Å². The molecular formula is C19H15N3O7Si. The summed E-state index contributed by atoms with van der Waals surface area (Å²) < 4.78 is 6.03. The third-order valence-corrected chi connectivity index (χ3v) is 5.37. The lowest BCUT2D eigenvalue weighted by atomic mass is 9.80. The molecule has 0 aliphatic heterocycles. The van der Waals surface area contributed by atoms with Gasteiger partial charge in [-0.3, -0.25) is 30.3 Å². The summed E-state index contributed by atoms with van der Waals surface area (Å²) in [4.78, 5) is 31.5. The van der Waals surface area contributed by atoms with Crippen LogP contribution in [0.5, 0.6) is 0 Å². The smallest absolute Gasteiger partial charge is 0.269 e. The van der Waals surface area contributed by atoms with Crippen molar-refractivity contribution in [3.05, 3.63) is 120 Å².